The Hall–Kier alpha value is -1.67. The van der Waals surface area contributed by atoms with Crippen LogP contribution in [0.15, 0.2) is 0 Å². The third-order valence-corrected chi connectivity index (χ3v) is 10.2. The molecule has 7 rings (SSSR count). The highest BCUT2D eigenvalue weighted by Crippen LogP contribution is 2.59. The monoisotopic (exact) mass is 552 g/mol. The average molecular weight is 553 g/mol. The summed E-state index contributed by atoms with van der Waals surface area (Å²) in [7, 11) is 0. The van der Waals surface area contributed by atoms with Crippen molar-refractivity contribution in [3.8, 4) is 0 Å². The Bertz CT molecular complexity index is 940. The third-order valence-electron chi connectivity index (χ3n) is 10.2. The van der Waals surface area contributed by atoms with Crippen molar-refractivity contribution in [2.45, 2.75) is 150 Å². The van der Waals surface area contributed by atoms with E-state index in [1.165, 1.54) is 6.42 Å². The second-order valence-electron chi connectivity index (χ2n) is 14.0. The minimum Gasteiger partial charge on any atom is -0.459 e. The van der Waals surface area contributed by atoms with Gasteiger partial charge in [-0.3, -0.25) is 14.4 Å². The molecule has 6 bridgehead atoms. The maximum atomic E-state index is 12.4. The van der Waals surface area contributed by atoms with Crippen molar-refractivity contribution < 1.29 is 38.4 Å². The van der Waals surface area contributed by atoms with Gasteiger partial charge >= 0.3 is 17.9 Å². The lowest BCUT2D eigenvalue weighted by Crippen LogP contribution is -2.61. The molecule has 224 valence electrons. The summed E-state index contributed by atoms with van der Waals surface area (Å²) in [5.74, 6) is 0.439. The molecule has 3 heterocycles. The largest absolute Gasteiger partial charge is 0.459 e. The van der Waals surface area contributed by atoms with Gasteiger partial charge in [0, 0.05) is 6.42 Å². The summed E-state index contributed by atoms with van der Waals surface area (Å²) in [4.78, 5) is 36.0. The summed E-state index contributed by atoms with van der Waals surface area (Å²) >= 11 is 0. The maximum Gasteiger partial charge on any atom is 0.312 e. The van der Waals surface area contributed by atoms with Crippen LogP contribution in [0.2, 0.25) is 0 Å². The summed E-state index contributed by atoms with van der Waals surface area (Å²) in [6.45, 7) is 11.6. The van der Waals surface area contributed by atoms with Crippen molar-refractivity contribution in [3.05, 3.63) is 0 Å². The molecule has 0 aromatic heterocycles. The van der Waals surface area contributed by atoms with Crippen LogP contribution in [0, 0.1) is 28.6 Å². The predicted octanol–water partition coefficient (Wildman–Crippen LogP) is 5.37. The fourth-order valence-electron chi connectivity index (χ4n) is 7.54. The summed E-state index contributed by atoms with van der Waals surface area (Å²) in [5, 5.41) is 10.6. The van der Waals surface area contributed by atoms with E-state index in [0.717, 1.165) is 32.1 Å². The van der Waals surface area contributed by atoms with Crippen LogP contribution in [-0.2, 0) is 33.3 Å². The molecule has 0 spiro atoms. The molecular weight excluding hydrogens is 500 g/mol. The Kier molecular flexibility index (Phi) is 8.68. The van der Waals surface area contributed by atoms with Crippen LogP contribution in [0.25, 0.3) is 0 Å². The van der Waals surface area contributed by atoms with Gasteiger partial charge in [-0.25, -0.2) is 0 Å². The Balaban J connectivity index is 0.000000205. The number of rotatable bonds is 6. The first-order valence-corrected chi connectivity index (χ1v) is 14.2. The number of fused-ring (bicyclic) bond motifs is 1. The molecule has 8 heteroatoms. The number of esters is 3. The lowest BCUT2D eigenvalue weighted by atomic mass is 9.52. The molecule has 4 saturated carbocycles. The van der Waals surface area contributed by atoms with Crippen LogP contribution in [-0.4, -0.2) is 58.6 Å². The van der Waals surface area contributed by atoms with E-state index < -0.39 is 28.6 Å². The summed E-state index contributed by atoms with van der Waals surface area (Å²) in [6, 6.07) is 0. The fraction of sp³-hybridized carbons (Fsp3) is 0.903. The smallest absolute Gasteiger partial charge is 0.312 e. The molecule has 1 N–H and O–H groups in total. The third kappa shape index (κ3) is 5.61. The predicted molar refractivity (Wildman–Crippen MR) is 147 cm³/mol. The average Bonchev–Trinajstić information content (AvgIpc) is 3.42. The number of carbonyl (C=O) groups is 3. The molecule has 0 aromatic rings. The Morgan fingerprint density at radius 3 is 2.03 bits per heavy atom. The van der Waals surface area contributed by atoms with Crippen molar-refractivity contribution >= 4 is 17.9 Å². The maximum absolute atomic E-state index is 12.4. The van der Waals surface area contributed by atoms with E-state index in [4.69, 9.17) is 18.9 Å². The van der Waals surface area contributed by atoms with E-state index in [2.05, 4.69) is 0 Å². The molecule has 7 atom stereocenters. The van der Waals surface area contributed by atoms with Crippen molar-refractivity contribution in [1.82, 2.24) is 0 Å². The van der Waals surface area contributed by atoms with Crippen LogP contribution in [0.3, 0.4) is 0 Å². The lowest BCUT2D eigenvalue weighted by Gasteiger charge is -2.59. The van der Waals surface area contributed by atoms with Crippen LogP contribution in [0.1, 0.15) is 114 Å². The van der Waals surface area contributed by atoms with Crippen LogP contribution < -0.4 is 0 Å². The first kappa shape index (κ1) is 31.9. The molecule has 7 aliphatic rings. The van der Waals surface area contributed by atoms with Crippen molar-refractivity contribution in [3.63, 3.8) is 0 Å². The van der Waals surface area contributed by atoms with Gasteiger partial charge in [0.15, 0.2) is 12.2 Å². The van der Waals surface area contributed by atoms with E-state index >= 15 is 0 Å². The SMILES string of the molecule is C.C.CCC(C)(C)C(=O)OC12CC3CC(CC(O)(C3)C1)C2.CCC(C)(C)C(=O)OC1C2CC3C(=O)OC1C3O2. The zero-order valence-electron chi connectivity index (χ0n) is 23.2. The number of carbonyl (C=O) groups excluding carboxylic acids is 3. The first-order valence-electron chi connectivity index (χ1n) is 14.2. The van der Waals surface area contributed by atoms with Gasteiger partial charge in [0.25, 0.3) is 0 Å². The Labute approximate surface area is 234 Å². The Morgan fingerprint density at radius 2 is 1.49 bits per heavy atom. The van der Waals surface area contributed by atoms with E-state index in [0.29, 0.717) is 31.1 Å². The van der Waals surface area contributed by atoms with E-state index in [1.54, 1.807) is 0 Å². The fourth-order valence-corrected chi connectivity index (χ4v) is 7.54. The zero-order valence-corrected chi connectivity index (χ0v) is 23.2. The summed E-state index contributed by atoms with van der Waals surface area (Å²) in [5.41, 5.74) is -1.83. The van der Waals surface area contributed by atoms with Crippen LogP contribution in [0.5, 0.6) is 0 Å². The molecule has 0 amide bonds. The summed E-state index contributed by atoms with van der Waals surface area (Å²) < 4.78 is 22.4. The topological polar surface area (TPSA) is 108 Å². The highest BCUT2D eigenvalue weighted by Gasteiger charge is 2.65. The van der Waals surface area contributed by atoms with Gasteiger partial charge in [-0.2, -0.15) is 0 Å². The molecule has 4 aliphatic carbocycles. The number of ether oxygens (including phenoxy) is 4. The summed E-state index contributed by atoms with van der Waals surface area (Å²) in [6.07, 6.45) is 6.59. The van der Waals surface area contributed by atoms with Gasteiger partial charge in [0.2, 0.25) is 0 Å². The van der Waals surface area contributed by atoms with Crippen molar-refractivity contribution in [2.75, 3.05) is 0 Å². The molecule has 3 aliphatic heterocycles. The van der Waals surface area contributed by atoms with E-state index in [9.17, 15) is 19.5 Å². The van der Waals surface area contributed by atoms with Crippen LogP contribution in [0.4, 0.5) is 0 Å². The second-order valence-corrected chi connectivity index (χ2v) is 14.0. The molecule has 8 nitrogen and oxygen atoms in total. The highest BCUT2D eigenvalue weighted by atomic mass is 16.7. The van der Waals surface area contributed by atoms with Gasteiger partial charge in [0.05, 0.1) is 28.5 Å². The number of hydrogen-bond donors (Lipinski definition) is 1. The first-order chi connectivity index (χ1) is 17.2. The Morgan fingerprint density at radius 1 is 0.923 bits per heavy atom. The van der Waals surface area contributed by atoms with Crippen molar-refractivity contribution in [1.29, 1.82) is 0 Å². The normalized spacial score (nSPS) is 40.6. The van der Waals surface area contributed by atoms with Gasteiger partial charge in [0.1, 0.15) is 11.7 Å². The van der Waals surface area contributed by atoms with Gasteiger partial charge < -0.3 is 24.1 Å². The molecule has 7 unspecified atom stereocenters. The number of aliphatic hydroxyl groups is 1. The molecule has 0 aromatic carbocycles. The van der Waals surface area contributed by atoms with Crippen LogP contribution >= 0.6 is 0 Å². The minimum absolute atomic E-state index is 0. The van der Waals surface area contributed by atoms with Gasteiger partial charge in [-0.15, -0.1) is 0 Å². The zero-order chi connectivity index (χ0) is 27.0. The number of hydrogen-bond acceptors (Lipinski definition) is 8. The quantitative estimate of drug-likeness (QED) is 0.346. The lowest BCUT2D eigenvalue weighted by molar-refractivity contribution is -0.225. The molecule has 3 saturated heterocycles. The van der Waals surface area contributed by atoms with Gasteiger partial charge in [-0.05, 0) is 90.9 Å². The molecule has 0 radical (unpaired) electrons. The van der Waals surface area contributed by atoms with Crippen molar-refractivity contribution in [2.24, 2.45) is 28.6 Å². The highest BCUT2D eigenvalue weighted by molar-refractivity contribution is 5.79. The molecule has 39 heavy (non-hydrogen) atoms. The van der Waals surface area contributed by atoms with Gasteiger partial charge in [-0.1, -0.05) is 28.7 Å². The minimum atomic E-state index is -0.555. The second kappa shape index (κ2) is 10.6. The molecular formula is C31H52O8. The standard InChI is InChI=1S/C16H26O3.C13H18O5.2CH4/c1-4-14(2,3)13(17)19-16-8-11-5-12(9-16)7-15(18,6-11)10-16;1-4-13(2,3)12(15)18-9-7-5-6-8(16-7)10(9)17-11(6)14;;/h11-12,18H,4-10H2,1-3H3;6-10H,4-5H2,1-3H3;2*1H4. The van der Waals surface area contributed by atoms with E-state index in [-0.39, 0.29) is 56.5 Å². The molecule has 7 fully saturated rings. The van der Waals surface area contributed by atoms with E-state index in [1.807, 2.05) is 41.5 Å².